The van der Waals surface area contributed by atoms with Crippen molar-refractivity contribution >= 4 is 17.3 Å². The highest BCUT2D eigenvalue weighted by Gasteiger charge is 2.07. The molecule has 25 heavy (non-hydrogen) atoms. The van der Waals surface area contributed by atoms with E-state index in [2.05, 4.69) is 15.6 Å². The molecular weight excluding hydrogens is 314 g/mol. The van der Waals surface area contributed by atoms with Crippen LogP contribution in [0.3, 0.4) is 0 Å². The van der Waals surface area contributed by atoms with Gasteiger partial charge in [-0.25, -0.2) is 0 Å². The smallest absolute Gasteiger partial charge is 0.251 e. The fourth-order valence-electron chi connectivity index (χ4n) is 2.47. The van der Waals surface area contributed by atoms with Crippen molar-refractivity contribution in [1.29, 1.82) is 0 Å². The number of hydrogen-bond acceptors (Lipinski definition) is 4. The van der Waals surface area contributed by atoms with Gasteiger partial charge < -0.3 is 15.7 Å². The Kier molecular flexibility index (Phi) is 5.39. The SMILES string of the molecule is O=C(NCCO)c1cccc(-c2cncc(Nc3ccccc3)c2)c1. The van der Waals surface area contributed by atoms with E-state index in [-0.39, 0.29) is 19.1 Å². The van der Waals surface area contributed by atoms with Crippen LogP contribution in [0.2, 0.25) is 0 Å². The van der Waals surface area contributed by atoms with Crippen molar-refractivity contribution in [2.45, 2.75) is 0 Å². The molecule has 2 aromatic carbocycles. The van der Waals surface area contributed by atoms with Crippen molar-refractivity contribution in [3.63, 3.8) is 0 Å². The number of hydrogen-bond donors (Lipinski definition) is 3. The van der Waals surface area contributed by atoms with Gasteiger partial charge in [-0.3, -0.25) is 9.78 Å². The topological polar surface area (TPSA) is 74.2 Å². The number of aliphatic hydroxyl groups is 1. The van der Waals surface area contributed by atoms with Crippen LogP contribution in [-0.4, -0.2) is 29.1 Å². The molecule has 1 aromatic heterocycles. The first-order chi connectivity index (χ1) is 12.3. The van der Waals surface area contributed by atoms with Gasteiger partial charge in [0.15, 0.2) is 0 Å². The zero-order chi connectivity index (χ0) is 17.5. The second-order valence-electron chi connectivity index (χ2n) is 5.51. The second kappa shape index (κ2) is 8.08. The van der Waals surface area contributed by atoms with Crippen LogP contribution in [-0.2, 0) is 0 Å². The third-order valence-electron chi connectivity index (χ3n) is 3.66. The molecule has 126 valence electrons. The number of benzene rings is 2. The molecule has 0 spiro atoms. The zero-order valence-electron chi connectivity index (χ0n) is 13.6. The van der Waals surface area contributed by atoms with Crippen molar-refractivity contribution in [3.8, 4) is 11.1 Å². The van der Waals surface area contributed by atoms with E-state index in [0.717, 1.165) is 22.5 Å². The molecule has 0 radical (unpaired) electrons. The summed E-state index contributed by atoms with van der Waals surface area (Å²) >= 11 is 0. The molecule has 5 heteroatoms. The fraction of sp³-hybridized carbons (Fsp3) is 0.100. The van der Waals surface area contributed by atoms with Crippen LogP contribution in [0.15, 0.2) is 73.1 Å². The predicted octanol–water partition coefficient (Wildman–Crippen LogP) is 3.21. The van der Waals surface area contributed by atoms with Crippen LogP contribution in [0.4, 0.5) is 11.4 Å². The van der Waals surface area contributed by atoms with Gasteiger partial charge in [-0.2, -0.15) is 0 Å². The molecule has 3 N–H and O–H groups in total. The van der Waals surface area contributed by atoms with E-state index < -0.39 is 0 Å². The van der Waals surface area contributed by atoms with Gasteiger partial charge in [0.2, 0.25) is 0 Å². The summed E-state index contributed by atoms with van der Waals surface area (Å²) in [6.45, 7) is 0.156. The number of aliphatic hydroxyl groups excluding tert-OH is 1. The molecule has 3 aromatic rings. The Labute approximate surface area is 146 Å². The number of carbonyl (C=O) groups excluding carboxylic acids is 1. The third kappa shape index (κ3) is 4.43. The highest BCUT2D eigenvalue weighted by molar-refractivity contribution is 5.95. The minimum Gasteiger partial charge on any atom is -0.395 e. The lowest BCUT2D eigenvalue weighted by Gasteiger charge is -2.09. The molecule has 0 bridgehead atoms. The summed E-state index contributed by atoms with van der Waals surface area (Å²) < 4.78 is 0. The number of aromatic nitrogens is 1. The molecule has 1 amide bonds. The molecular formula is C20H19N3O2. The summed E-state index contributed by atoms with van der Waals surface area (Å²) in [6.07, 6.45) is 3.52. The van der Waals surface area contributed by atoms with Crippen LogP contribution >= 0.6 is 0 Å². The van der Waals surface area contributed by atoms with Crippen molar-refractivity contribution in [2.75, 3.05) is 18.5 Å². The van der Waals surface area contributed by atoms with Crippen LogP contribution in [0, 0.1) is 0 Å². The minimum atomic E-state index is -0.206. The maximum absolute atomic E-state index is 12.0. The second-order valence-corrected chi connectivity index (χ2v) is 5.51. The number of pyridine rings is 1. The summed E-state index contributed by atoms with van der Waals surface area (Å²) in [7, 11) is 0. The van der Waals surface area contributed by atoms with Crippen LogP contribution in [0.5, 0.6) is 0 Å². The quantitative estimate of drug-likeness (QED) is 0.647. The van der Waals surface area contributed by atoms with Crippen LogP contribution in [0.1, 0.15) is 10.4 Å². The van der Waals surface area contributed by atoms with E-state index in [1.165, 1.54) is 0 Å². The molecule has 0 aliphatic rings. The standard InChI is InChI=1S/C20H19N3O2/c24-10-9-22-20(25)16-6-4-5-15(11-16)17-12-19(14-21-13-17)23-18-7-2-1-3-8-18/h1-8,11-14,23-24H,9-10H2,(H,22,25). The predicted molar refractivity (Wildman–Crippen MR) is 98.8 cm³/mol. The van der Waals surface area contributed by atoms with Gasteiger partial charge in [-0.05, 0) is 35.9 Å². The van der Waals surface area contributed by atoms with Gasteiger partial charge in [-0.1, -0.05) is 30.3 Å². The van der Waals surface area contributed by atoms with E-state index >= 15 is 0 Å². The maximum Gasteiger partial charge on any atom is 0.251 e. The summed E-state index contributed by atoms with van der Waals surface area (Å²) in [5, 5.41) is 14.8. The maximum atomic E-state index is 12.0. The van der Waals surface area contributed by atoms with Gasteiger partial charge in [0.25, 0.3) is 5.91 Å². The molecule has 5 nitrogen and oxygen atoms in total. The molecule has 0 unspecified atom stereocenters. The van der Waals surface area contributed by atoms with Crippen molar-refractivity contribution in [3.05, 3.63) is 78.6 Å². The summed E-state index contributed by atoms with van der Waals surface area (Å²) in [5.74, 6) is -0.206. The van der Waals surface area contributed by atoms with E-state index in [0.29, 0.717) is 5.56 Å². The third-order valence-corrected chi connectivity index (χ3v) is 3.66. The fourth-order valence-corrected chi connectivity index (χ4v) is 2.47. The molecule has 0 fully saturated rings. The van der Waals surface area contributed by atoms with Crippen LogP contribution < -0.4 is 10.6 Å². The zero-order valence-corrected chi connectivity index (χ0v) is 13.6. The normalized spacial score (nSPS) is 10.3. The van der Waals surface area contributed by atoms with Gasteiger partial charge in [0.1, 0.15) is 0 Å². The monoisotopic (exact) mass is 333 g/mol. The van der Waals surface area contributed by atoms with Crippen molar-refractivity contribution < 1.29 is 9.90 Å². The number of nitrogens with zero attached hydrogens (tertiary/aromatic N) is 1. The number of anilines is 2. The molecule has 3 rings (SSSR count). The molecule has 1 heterocycles. The van der Waals surface area contributed by atoms with Gasteiger partial charge in [0, 0.05) is 29.6 Å². The largest absolute Gasteiger partial charge is 0.395 e. The molecule has 0 aliphatic heterocycles. The summed E-state index contributed by atoms with van der Waals surface area (Å²) in [4.78, 5) is 16.3. The lowest BCUT2D eigenvalue weighted by Crippen LogP contribution is -2.26. The average molecular weight is 333 g/mol. The van der Waals surface area contributed by atoms with Crippen molar-refractivity contribution in [2.24, 2.45) is 0 Å². The van der Waals surface area contributed by atoms with E-state index in [9.17, 15) is 4.79 Å². The number of carbonyl (C=O) groups is 1. The first-order valence-electron chi connectivity index (χ1n) is 8.03. The number of para-hydroxylation sites is 1. The number of amides is 1. The Morgan fingerprint density at radius 3 is 2.56 bits per heavy atom. The highest BCUT2D eigenvalue weighted by Crippen LogP contribution is 2.24. The first kappa shape index (κ1) is 16.7. The van der Waals surface area contributed by atoms with Crippen molar-refractivity contribution in [1.82, 2.24) is 10.3 Å². The van der Waals surface area contributed by atoms with E-state index in [4.69, 9.17) is 5.11 Å². The molecule has 0 atom stereocenters. The molecule has 0 aliphatic carbocycles. The van der Waals surface area contributed by atoms with Gasteiger partial charge in [-0.15, -0.1) is 0 Å². The average Bonchev–Trinajstić information content (AvgIpc) is 2.67. The van der Waals surface area contributed by atoms with Gasteiger partial charge >= 0.3 is 0 Å². The number of rotatable bonds is 6. The minimum absolute atomic E-state index is 0.0808. The Morgan fingerprint density at radius 1 is 0.920 bits per heavy atom. The Balaban J connectivity index is 1.82. The Hall–Kier alpha value is -3.18. The van der Waals surface area contributed by atoms with E-state index in [1.807, 2.05) is 54.6 Å². The summed E-state index contributed by atoms with van der Waals surface area (Å²) in [5.41, 5.74) is 4.23. The van der Waals surface area contributed by atoms with E-state index in [1.54, 1.807) is 18.5 Å². The molecule has 0 saturated carbocycles. The summed E-state index contributed by atoms with van der Waals surface area (Å²) in [6, 6.07) is 19.2. The lowest BCUT2D eigenvalue weighted by atomic mass is 10.0. The number of nitrogens with one attached hydrogen (secondary N) is 2. The Morgan fingerprint density at radius 2 is 1.76 bits per heavy atom. The molecule has 0 saturated heterocycles. The lowest BCUT2D eigenvalue weighted by molar-refractivity contribution is 0.0945. The first-order valence-corrected chi connectivity index (χ1v) is 8.03. The van der Waals surface area contributed by atoms with Gasteiger partial charge in [0.05, 0.1) is 18.5 Å². The Bertz CT molecular complexity index is 850. The highest BCUT2D eigenvalue weighted by atomic mass is 16.3. The van der Waals surface area contributed by atoms with Crippen LogP contribution in [0.25, 0.3) is 11.1 Å².